The Labute approximate surface area is 197 Å². The van der Waals surface area contributed by atoms with E-state index in [1.165, 1.54) is 67.8 Å². The number of nitrogens with zero attached hydrogens (tertiary/aromatic N) is 1. The van der Waals surface area contributed by atoms with Crippen LogP contribution in [0.5, 0.6) is 0 Å². The molecule has 0 spiro atoms. The van der Waals surface area contributed by atoms with Crippen molar-refractivity contribution in [2.45, 2.75) is 0 Å². The molecule has 154 valence electrons. The topological polar surface area (TPSA) is 4.93 Å². The molecule has 0 amide bonds. The SMILES string of the molecule is c1ccc2c(c1)sc1ccc(-n3c4ccccc4c4ccc5sc6ccccc6c5c43)cc12. The summed E-state index contributed by atoms with van der Waals surface area (Å²) < 4.78 is 7.86. The number of hydrogen-bond acceptors (Lipinski definition) is 2. The zero-order valence-corrected chi connectivity index (χ0v) is 19.2. The second kappa shape index (κ2) is 6.44. The molecular weight excluding hydrogens is 438 g/mol. The number of para-hydroxylation sites is 1. The molecule has 1 nitrogen and oxygen atoms in total. The molecule has 3 heterocycles. The maximum absolute atomic E-state index is 2.48. The average molecular weight is 456 g/mol. The predicted octanol–water partition coefficient (Wildman–Crippen LogP) is 9.52. The molecule has 0 unspecified atom stereocenters. The zero-order chi connectivity index (χ0) is 21.5. The third kappa shape index (κ3) is 2.36. The van der Waals surface area contributed by atoms with E-state index in [-0.39, 0.29) is 0 Å². The van der Waals surface area contributed by atoms with Crippen LogP contribution >= 0.6 is 22.7 Å². The van der Waals surface area contributed by atoms with Gasteiger partial charge in [0.1, 0.15) is 0 Å². The van der Waals surface area contributed by atoms with Crippen molar-refractivity contribution in [2.75, 3.05) is 0 Å². The number of fused-ring (bicyclic) bond motifs is 10. The van der Waals surface area contributed by atoms with Crippen molar-refractivity contribution in [3.63, 3.8) is 0 Å². The van der Waals surface area contributed by atoms with Crippen LogP contribution in [0.1, 0.15) is 0 Å². The highest BCUT2D eigenvalue weighted by atomic mass is 32.1. The van der Waals surface area contributed by atoms with Crippen molar-refractivity contribution in [1.82, 2.24) is 4.57 Å². The van der Waals surface area contributed by atoms with Crippen molar-refractivity contribution in [3.05, 3.63) is 103 Å². The van der Waals surface area contributed by atoms with Crippen LogP contribution in [0.3, 0.4) is 0 Å². The van der Waals surface area contributed by atoms with Gasteiger partial charge >= 0.3 is 0 Å². The first-order valence-corrected chi connectivity index (χ1v) is 12.8. The molecule has 8 aromatic rings. The van der Waals surface area contributed by atoms with Crippen LogP contribution in [-0.4, -0.2) is 4.57 Å². The lowest BCUT2D eigenvalue weighted by molar-refractivity contribution is 1.19. The maximum atomic E-state index is 2.48. The Morgan fingerprint density at radius 1 is 0.455 bits per heavy atom. The summed E-state index contributed by atoms with van der Waals surface area (Å²) in [5.74, 6) is 0. The Morgan fingerprint density at radius 2 is 1.09 bits per heavy atom. The minimum Gasteiger partial charge on any atom is -0.309 e. The largest absolute Gasteiger partial charge is 0.309 e. The van der Waals surface area contributed by atoms with Gasteiger partial charge in [0.25, 0.3) is 0 Å². The molecule has 5 aromatic carbocycles. The summed E-state index contributed by atoms with van der Waals surface area (Å²) in [6, 6.07) is 37.9. The van der Waals surface area contributed by atoms with Crippen LogP contribution in [0.15, 0.2) is 103 Å². The van der Waals surface area contributed by atoms with E-state index in [0.29, 0.717) is 0 Å². The Balaban J connectivity index is 1.60. The van der Waals surface area contributed by atoms with Crippen LogP contribution in [0, 0.1) is 0 Å². The van der Waals surface area contributed by atoms with E-state index < -0.39 is 0 Å². The number of hydrogen-bond donors (Lipinski definition) is 0. The van der Waals surface area contributed by atoms with E-state index in [2.05, 4.69) is 108 Å². The number of thiophene rings is 2. The summed E-state index contributed by atoms with van der Waals surface area (Å²) in [6.45, 7) is 0. The highest BCUT2D eigenvalue weighted by molar-refractivity contribution is 7.26. The van der Waals surface area contributed by atoms with Crippen LogP contribution in [0.2, 0.25) is 0 Å². The van der Waals surface area contributed by atoms with Gasteiger partial charge in [0.05, 0.1) is 11.0 Å². The highest BCUT2D eigenvalue weighted by Gasteiger charge is 2.18. The van der Waals surface area contributed by atoms with E-state index in [1.807, 2.05) is 22.7 Å². The molecule has 8 rings (SSSR count). The summed E-state index contributed by atoms with van der Waals surface area (Å²) in [5.41, 5.74) is 3.79. The van der Waals surface area contributed by atoms with E-state index in [0.717, 1.165) is 0 Å². The van der Waals surface area contributed by atoms with Gasteiger partial charge in [0.2, 0.25) is 0 Å². The molecule has 0 saturated heterocycles. The van der Waals surface area contributed by atoms with Crippen molar-refractivity contribution in [1.29, 1.82) is 0 Å². The van der Waals surface area contributed by atoms with Crippen LogP contribution in [0.25, 0.3) is 67.8 Å². The molecule has 0 saturated carbocycles. The quantitative estimate of drug-likeness (QED) is 0.232. The fourth-order valence-corrected chi connectivity index (χ4v) is 7.58. The van der Waals surface area contributed by atoms with Crippen LogP contribution in [-0.2, 0) is 0 Å². The second-order valence-electron chi connectivity index (χ2n) is 8.56. The normalized spacial score (nSPS) is 12.2. The van der Waals surface area contributed by atoms with Crippen molar-refractivity contribution < 1.29 is 0 Å². The maximum Gasteiger partial charge on any atom is 0.0634 e. The van der Waals surface area contributed by atoms with Crippen molar-refractivity contribution in [3.8, 4) is 5.69 Å². The van der Waals surface area contributed by atoms with Gasteiger partial charge < -0.3 is 4.57 Å². The minimum absolute atomic E-state index is 1.22. The zero-order valence-electron chi connectivity index (χ0n) is 17.6. The molecule has 0 radical (unpaired) electrons. The lowest BCUT2D eigenvalue weighted by Crippen LogP contribution is -1.93. The summed E-state index contributed by atoms with van der Waals surface area (Å²) >= 11 is 3.76. The second-order valence-corrected chi connectivity index (χ2v) is 10.7. The fourth-order valence-electron chi connectivity index (χ4n) is 5.39. The van der Waals surface area contributed by atoms with Crippen molar-refractivity contribution >= 4 is 84.8 Å². The Hall–Kier alpha value is -3.66. The van der Waals surface area contributed by atoms with Gasteiger partial charge in [-0.3, -0.25) is 0 Å². The molecule has 3 aromatic heterocycles. The molecular formula is C30H17NS2. The number of benzene rings is 5. The van der Waals surface area contributed by atoms with Crippen molar-refractivity contribution in [2.24, 2.45) is 0 Å². The average Bonchev–Trinajstić information content (AvgIpc) is 3.52. The lowest BCUT2D eigenvalue weighted by atomic mass is 10.1. The highest BCUT2D eigenvalue weighted by Crippen LogP contribution is 2.43. The number of aromatic nitrogens is 1. The smallest absolute Gasteiger partial charge is 0.0634 e. The van der Waals surface area contributed by atoms with E-state index in [4.69, 9.17) is 0 Å². The monoisotopic (exact) mass is 455 g/mol. The van der Waals surface area contributed by atoms with E-state index >= 15 is 0 Å². The molecule has 0 aliphatic carbocycles. The molecule has 0 aliphatic rings. The summed E-state index contributed by atoms with van der Waals surface area (Å²) in [7, 11) is 0. The first-order chi connectivity index (χ1) is 16.4. The Bertz CT molecular complexity index is 2030. The standard InChI is InChI=1S/C30H17NS2/c1-4-10-24-19(7-1)21-14-16-28-29(22-9-3-6-12-26(22)33-28)30(21)31(24)18-13-15-27-23(17-18)20-8-2-5-11-25(20)32-27/h1-17H. The van der Waals surface area contributed by atoms with Gasteiger partial charge in [-0.2, -0.15) is 0 Å². The predicted molar refractivity (Wildman–Crippen MR) is 147 cm³/mol. The van der Waals surface area contributed by atoms with Gasteiger partial charge in [-0.15, -0.1) is 22.7 Å². The van der Waals surface area contributed by atoms with Gasteiger partial charge in [-0.05, 0) is 42.5 Å². The first-order valence-electron chi connectivity index (χ1n) is 11.1. The molecule has 0 bridgehead atoms. The molecule has 0 atom stereocenters. The van der Waals surface area contributed by atoms with E-state index in [9.17, 15) is 0 Å². The molecule has 3 heteroatoms. The minimum atomic E-state index is 1.22. The van der Waals surface area contributed by atoms with Gasteiger partial charge in [0, 0.05) is 56.8 Å². The van der Waals surface area contributed by atoms with Gasteiger partial charge in [-0.25, -0.2) is 0 Å². The lowest BCUT2D eigenvalue weighted by Gasteiger charge is -2.09. The van der Waals surface area contributed by atoms with Gasteiger partial charge in [0.15, 0.2) is 0 Å². The number of rotatable bonds is 1. The van der Waals surface area contributed by atoms with Crippen LogP contribution < -0.4 is 0 Å². The van der Waals surface area contributed by atoms with Gasteiger partial charge in [-0.1, -0.05) is 60.7 Å². The summed E-state index contributed by atoms with van der Waals surface area (Å²) in [5, 5.41) is 8.00. The molecule has 0 aliphatic heterocycles. The Morgan fingerprint density at radius 3 is 1.97 bits per heavy atom. The summed E-state index contributed by atoms with van der Waals surface area (Å²) in [4.78, 5) is 0. The first kappa shape index (κ1) is 17.8. The van der Waals surface area contributed by atoms with Crippen LogP contribution in [0.4, 0.5) is 0 Å². The molecule has 0 fully saturated rings. The molecule has 33 heavy (non-hydrogen) atoms. The fraction of sp³-hybridized carbons (Fsp3) is 0. The summed E-state index contributed by atoms with van der Waals surface area (Å²) in [6.07, 6.45) is 0. The third-order valence-corrected chi connectivity index (χ3v) is 9.08. The molecule has 0 N–H and O–H groups in total. The Kier molecular flexibility index (Phi) is 3.48. The third-order valence-electron chi connectivity index (χ3n) is 6.79. The van der Waals surface area contributed by atoms with E-state index in [1.54, 1.807) is 0 Å².